The first-order chi connectivity index (χ1) is 10.9. The standard InChI is InChI=1S/C17H18N2O4/c1-19(2)17(22)11-5-4-6-12(9-11)18-16(21)14-10-13(20)7-8-15(14)23-3/h4-10,20H,1-3H3,(H,18,21). The van der Waals surface area contributed by atoms with Crippen molar-refractivity contribution in [3.63, 3.8) is 0 Å². The topological polar surface area (TPSA) is 78.9 Å². The SMILES string of the molecule is COc1ccc(O)cc1C(=O)Nc1cccc(C(=O)N(C)C)c1. The average Bonchev–Trinajstić information content (AvgIpc) is 2.54. The Morgan fingerprint density at radius 2 is 1.87 bits per heavy atom. The van der Waals surface area contributed by atoms with Gasteiger partial charge in [0.05, 0.1) is 12.7 Å². The van der Waals surface area contributed by atoms with Crippen molar-refractivity contribution >= 4 is 17.5 Å². The quantitative estimate of drug-likeness (QED) is 0.908. The molecule has 2 aromatic carbocycles. The van der Waals surface area contributed by atoms with E-state index in [1.807, 2.05) is 0 Å². The van der Waals surface area contributed by atoms with Gasteiger partial charge in [0.25, 0.3) is 11.8 Å². The Bertz CT molecular complexity index is 741. The van der Waals surface area contributed by atoms with E-state index in [0.29, 0.717) is 17.0 Å². The third-order valence-corrected chi connectivity index (χ3v) is 3.20. The molecule has 6 nitrogen and oxygen atoms in total. The molecule has 2 aromatic rings. The Morgan fingerprint density at radius 1 is 1.13 bits per heavy atom. The second kappa shape index (κ2) is 6.83. The molecule has 0 bridgehead atoms. The Balaban J connectivity index is 2.26. The summed E-state index contributed by atoms with van der Waals surface area (Å²) in [5.41, 5.74) is 1.15. The molecule has 6 heteroatoms. The zero-order valence-electron chi connectivity index (χ0n) is 13.2. The summed E-state index contributed by atoms with van der Waals surface area (Å²) in [6.45, 7) is 0. The van der Waals surface area contributed by atoms with Crippen molar-refractivity contribution in [1.29, 1.82) is 0 Å². The van der Waals surface area contributed by atoms with Gasteiger partial charge in [0, 0.05) is 25.3 Å². The van der Waals surface area contributed by atoms with Crippen molar-refractivity contribution in [3.8, 4) is 11.5 Å². The number of phenolic OH excluding ortho intramolecular Hbond substituents is 1. The molecule has 0 heterocycles. The minimum absolute atomic E-state index is 0.0347. The molecule has 0 atom stereocenters. The predicted molar refractivity (Wildman–Crippen MR) is 87.1 cm³/mol. The highest BCUT2D eigenvalue weighted by Crippen LogP contribution is 2.24. The van der Waals surface area contributed by atoms with Crippen LogP contribution in [0.3, 0.4) is 0 Å². The number of methoxy groups -OCH3 is 1. The van der Waals surface area contributed by atoms with E-state index in [0.717, 1.165) is 0 Å². The van der Waals surface area contributed by atoms with Gasteiger partial charge in [-0.05, 0) is 36.4 Å². The lowest BCUT2D eigenvalue weighted by Gasteiger charge is -2.12. The van der Waals surface area contributed by atoms with Gasteiger partial charge in [0.15, 0.2) is 0 Å². The number of rotatable bonds is 4. The zero-order valence-corrected chi connectivity index (χ0v) is 13.2. The number of benzene rings is 2. The molecule has 0 spiro atoms. The third kappa shape index (κ3) is 3.79. The smallest absolute Gasteiger partial charge is 0.259 e. The highest BCUT2D eigenvalue weighted by Gasteiger charge is 2.14. The van der Waals surface area contributed by atoms with E-state index in [9.17, 15) is 14.7 Å². The van der Waals surface area contributed by atoms with Crippen molar-refractivity contribution in [3.05, 3.63) is 53.6 Å². The molecular formula is C17H18N2O4. The maximum atomic E-state index is 12.4. The fourth-order valence-electron chi connectivity index (χ4n) is 2.06. The Hall–Kier alpha value is -3.02. The van der Waals surface area contributed by atoms with Gasteiger partial charge in [0.1, 0.15) is 11.5 Å². The van der Waals surface area contributed by atoms with Crippen LogP contribution in [0, 0.1) is 0 Å². The van der Waals surface area contributed by atoms with E-state index in [1.165, 1.54) is 30.2 Å². The lowest BCUT2D eigenvalue weighted by molar-refractivity contribution is 0.0827. The number of aromatic hydroxyl groups is 1. The van der Waals surface area contributed by atoms with E-state index in [1.54, 1.807) is 38.4 Å². The summed E-state index contributed by atoms with van der Waals surface area (Å²) in [6.07, 6.45) is 0. The van der Waals surface area contributed by atoms with Crippen LogP contribution in [0.25, 0.3) is 0 Å². The molecule has 0 unspecified atom stereocenters. The first-order valence-corrected chi connectivity index (χ1v) is 6.92. The maximum Gasteiger partial charge on any atom is 0.259 e. The van der Waals surface area contributed by atoms with Gasteiger partial charge in [-0.25, -0.2) is 0 Å². The number of phenols is 1. The Kier molecular flexibility index (Phi) is 4.85. The van der Waals surface area contributed by atoms with Gasteiger partial charge in [-0.2, -0.15) is 0 Å². The van der Waals surface area contributed by atoms with Gasteiger partial charge >= 0.3 is 0 Å². The van der Waals surface area contributed by atoms with Gasteiger partial charge in [-0.15, -0.1) is 0 Å². The van der Waals surface area contributed by atoms with Crippen molar-refractivity contribution in [2.24, 2.45) is 0 Å². The molecule has 0 saturated heterocycles. The van der Waals surface area contributed by atoms with Crippen LogP contribution in [0.5, 0.6) is 11.5 Å². The van der Waals surface area contributed by atoms with Gasteiger partial charge in [-0.3, -0.25) is 9.59 Å². The van der Waals surface area contributed by atoms with E-state index in [2.05, 4.69) is 5.32 Å². The molecule has 0 saturated carbocycles. The molecule has 0 aromatic heterocycles. The van der Waals surface area contributed by atoms with E-state index in [-0.39, 0.29) is 17.2 Å². The lowest BCUT2D eigenvalue weighted by atomic mass is 10.1. The second-order valence-electron chi connectivity index (χ2n) is 5.12. The van der Waals surface area contributed by atoms with Crippen LogP contribution >= 0.6 is 0 Å². The monoisotopic (exact) mass is 314 g/mol. The van der Waals surface area contributed by atoms with Crippen molar-refractivity contribution < 1.29 is 19.4 Å². The first kappa shape index (κ1) is 16.4. The molecule has 0 aliphatic carbocycles. The van der Waals surface area contributed by atoms with Crippen LogP contribution in [0.15, 0.2) is 42.5 Å². The van der Waals surface area contributed by atoms with Crippen LogP contribution in [0.1, 0.15) is 20.7 Å². The summed E-state index contributed by atoms with van der Waals surface area (Å²) in [6, 6.07) is 10.9. The number of hydrogen-bond acceptors (Lipinski definition) is 4. The molecule has 120 valence electrons. The normalized spacial score (nSPS) is 10.0. The summed E-state index contributed by atoms with van der Waals surface area (Å²) in [7, 11) is 4.76. The Morgan fingerprint density at radius 3 is 2.52 bits per heavy atom. The number of carbonyl (C=O) groups is 2. The van der Waals surface area contributed by atoms with Crippen molar-refractivity contribution in [2.75, 3.05) is 26.5 Å². The van der Waals surface area contributed by atoms with Crippen LogP contribution in [0.2, 0.25) is 0 Å². The van der Waals surface area contributed by atoms with Crippen LogP contribution in [-0.4, -0.2) is 43.0 Å². The van der Waals surface area contributed by atoms with Crippen molar-refractivity contribution in [1.82, 2.24) is 4.90 Å². The number of anilines is 1. The van der Waals surface area contributed by atoms with E-state index >= 15 is 0 Å². The molecule has 0 aliphatic rings. The van der Waals surface area contributed by atoms with Crippen LogP contribution < -0.4 is 10.1 Å². The molecule has 0 radical (unpaired) electrons. The predicted octanol–water partition coefficient (Wildman–Crippen LogP) is 2.35. The highest BCUT2D eigenvalue weighted by atomic mass is 16.5. The number of amides is 2. The largest absolute Gasteiger partial charge is 0.508 e. The van der Waals surface area contributed by atoms with Gasteiger partial charge in [0.2, 0.25) is 0 Å². The first-order valence-electron chi connectivity index (χ1n) is 6.92. The van der Waals surface area contributed by atoms with E-state index in [4.69, 9.17) is 4.74 Å². The van der Waals surface area contributed by atoms with Crippen LogP contribution in [-0.2, 0) is 0 Å². The summed E-state index contributed by atoms with van der Waals surface area (Å²) < 4.78 is 5.12. The molecule has 23 heavy (non-hydrogen) atoms. The molecular weight excluding hydrogens is 296 g/mol. The number of nitrogens with zero attached hydrogens (tertiary/aromatic N) is 1. The zero-order chi connectivity index (χ0) is 17.0. The summed E-state index contributed by atoms with van der Waals surface area (Å²) >= 11 is 0. The fraction of sp³-hybridized carbons (Fsp3) is 0.176. The fourth-order valence-corrected chi connectivity index (χ4v) is 2.06. The summed E-state index contributed by atoms with van der Waals surface area (Å²) in [5, 5.41) is 12.2. The average molecular weight is 314 g/mol. The lowest BCUT2D eigenvalue weighted by Crippen LogP contribution is -2.22. The summed E-state index contributed by atoms with van der Waals surface area (Å²) in [5.74, 6) is -0.281. The molecule has 0 aliphatic heterocycles. The number of ether oxygens (including phenoxy) is 1. The van der Waals surface area contributed by atoms with Gasteiger partial charge in [-0.1, -0.05) is 6.07 Å². The van der Waals surface area contributed by atoms with Crippen LogP contribution in [0.4, 0.5) is 5.69 Å². The van der Waals surface area contributed by atoms with Crippen molar-refractivity contribution in [2.45, 2.75) is 0 Å². The van der Waals surface area contributed by atoms with E-state index < -0.39 is 5.91 Å². The maximum absolute atomic E-state index is 12.4. The number of nitrogens with one attached hydrogen (secondary N) is 1. The molecule has 2 amide bonds. The molecule has 2 N–H and O–H groups in total. The number of carbonyl (C=O) groups excluding carboxylic acids is 2. The molecule has 2 rings (SSSR count). The minimum atomic E-state index is -0.438. The minimum Gasteiger partial charge on any atom is -0.508 e. The van der Waals surface area contributed by atoms with Gasteiger partial charge < -0.3 is 20.1 Å². The highest BCUT2D eigenvalue weighted by molar-refractivity contribution is 6.07. The Labute approximate surface area is 134 Å². The number of hydrogen-bond donors (Lipinski definition) is 2. The third-order valence-electron chi connectivity index (χ3n) is 3.20. The molecule has 0 fully saturated rings. The summed E-state index contributed by atoms with van der Waals surface area (Å²) in [4.78, 5) is 25.8. The second-order valence-corrected chi connectivity index (χ2v) is 5.12.